The van der Waals surface area contributed by atoms with Crippen LogP contribution in [0.3, 0.4) is 0 Å². The van der Waals surface area contributed by atoms with Gasteiger partial charge in [-0.25, -0.2) is 9.59 Å². The van der Waals surface area contributed by atoms with Crippen molar-refractivity contribution >= 4 is 40.0 Å². The molecular formula is C26H26N6O7. The maximum atomic E-state index is 11.1. The van der Waals surface area contributed by atoms with Gasteiger partial charge in [-0.2, -0.15) is 0 Å². The largest absolute Gasteiger partial charge is 0.472 e. The smallest absolute Gasteiger partial charge is 0.410 e. The third-order valence-corrected chi connectivity index (χ3v) is 3.63. The number of hydrogen-bond acceptors (Lipinski definition) is 10. The summed E-state index contributed by atoms with van der Waals surface area (Å²) < 4.78 is 10.1. The lowest BCUT2D eigenvalue weighted by molar-refractivity contribution is -0.140. The molecule has 13 heteroatoms. The third-order valence-electron chi connectivity index (χ3n) is 3.63. The fraction of sp³-hybridized carbons (Fsp3) is 0.192. The van der Waals surface area contributed by atoms with Crippen LogP contribution < -0.4 is 4.84 Å². The second-order valence-electron chi connectivity index (χ2n) is 6.28. The van der Waals surface area contributed by atoms with Crippen molar-refractivity contribution in [1.29, 1.82) is 0 Å². The van der Waals surface area contributed by atoms with Crippen LogP contribution in [0.25, 0.3) is 22.1 Å². The van der Waals surface area contributed by atoms with Crippen molar-refractivity contribution in [2.75, 3.05) is 6.61 Å². The van der Waals surface area contributed by atoms with Gasteiger partial charge in [-0.15, -0.1) is 23.0 Å². The Morgan fingerprint density at radius 3 is 1.92 bits per heavy atom. The van der Waals surface area contributed by atoms with Gasteiger partial charge in [0.1, 0.15) is 23.4 Å². The molecule has 0 aliphatic rings. The summed E-state index contributed by atoms with van der Waals surface area (Å²) in [4.78, 5) is 37.0. The molecule has 4 aromatic rings. The first-order valence-corrected chi connectivity index (χ1v) is 10.8. The molecule has 0 saturated heterocycles. The average Bonchev–Trinajstić information content (AvgIpc) is 3.49. The first-order chi connectivity index (χ1) is 19.1. The molecule has 0 fully saturated rings. The quantitative estimate of drug-likeness (QED) is 0.166. The lowest BCUT2D eigenvalue weighted by Crippen LogP contribution is -2.19. The molecule has 0 amide bonds. The Morgan fingerprint density at radius 2 is 1.49 bits per heavy atom. The molecule has 39 heavy (non-hydrogen) atoms. The molecule has 0 radical (unpaired) electrons. The van der Waals surface area contributed by atoms with E-state index in [2.05, 4.69) is 49.5 Å². The first kappa shape index (κ1) is 31.2. The van der Waals surface area contributed by atoms with E-state index in [0.717, 1.165) is 9.69 Å². The number of benzene rings is 2. The molecule has 13 nitrogen and oxygen atoms in total. The average molecular weight is 536 g/mol. The maximum absolute atomic E-state index is 11.1. The number of rotatable bonds is 2. The van der Waals surface area contributed by atoms with Crippen LogP contribution in [-0.4, -0.2) is 65.1 Å². The highest BCUT2D eigenvalue weighted by Gasteiger charge is 2.06. The summed E-state index contributed by atoms with van der Waals surface area (Å²) in [7, 11) is 0. The van der Waals surface area contributed by atoms with E-state index in [1.54, 1.807) is 38.1 Å². The topological polar surface area (TPSA) is 172 Å². The van der Waals surface area contributed by atoms with Crippen LogP contribution in [0.1, 0.15) is 29.1 Å². The number of ether oxygens (including phenoxy) is 1. The summed E-state index contributed by atoms with van der Waals surface area (Å²) >= 11 is 0. The normalized spacial score (nSPS) is 8.54. The Kier molecular flexibility index (Phi) is 15.4. The van der Waals surface area contributed by atoms with Crippen LogP contribution in [0, 0.1) is 36.5 Å². The molecule has 2 aromatic heterocycles. The predicted molar refractivity (Wildman–Crippen MR) is 141 cm³/mol. The molecule has 202 valence electrons. The Balaban J connectivity index is 0.000000528. The van der Waals surface area contributed by atoms with E-state index < -0.39 is 11.9 Å². The van der Waals surface area contributed by atoms with Crippen molar-refractivity contribution in [2.45, 2.75) is 27.7 Å². The summed E-state index contributed by atoms with van der Waals surface area (Å²) in [6.07, 6.45) is 5.76. The van der Waals surface area contributed by atoms with Gasteiger partial charge in [0.25, 0.3) is 0 Å². The molecule has 2 heterocycles. The fourth-order valence-corrected chi connectivity index (χ4v) is 2.29. The van der Waals surface area contributed by atoms with Crippen molar-refractivity contribution in [2.24, 2.45) is 0 Å². The van der Waals surface area contributed by atoms with Gasteiger partial charge in [0.15, 0.2) is 0 Å². The monoisotopic (exact) mass is 535 g/mol. The van der Waals surface area contributed by atoms with Crippen molar-refractivity contribution in [3.63, 3.8) is 0 Å². The van der Waals surface area contributed by atoms with E-state index in [-0.39, 0.29) is 5.97 Å². The number of terminal acetylenes is 1. The molecular weight excluding hydrogens is 508 g/mol. The summed E-state index contributed by atoms with van der Waals surface area (Å²) in [6, 6.07) is 14.4. The Bertz CT molecular complexity index is 1550. The van der Waals surface area contributed by atoms with Crippen molar-refractivity contribution < 1.29 is 35.6 Å². The van der Waals surface area contributed by atoms with Crippen LogP contribution >= 0.6 is 0 Å². The van der Waals surface area contributed by atoms with Crippen LogP contribution in [0.2, 0.25) is 0 Å². The summed E-state index contributed by atoms with van der Waals surface area (Å²) in [5.74, 6) is 6.84. The van der Waals surface area contributed by atoms with Crippen LogP contribution in [0.5, 0.6) is 0 Å². The van der Waals surface area contributed by atoms with E-state index in [9.17, 15) is 14.4 Å². The van der Waals surface area contributed by atoms with Gasteiger partial charge in [-0.3, -0.25) is 4.79 Å². The number of esters is 1. The molecule has 4 rings (SSSR count). The third kappa shape index (κ3) is 13.1. The van der Waals surface area contributed by atoms with Crippen LogP contribution in [-0.2, 0) is 19.1 Å². The van der Waals surface area contributed by atoms with Gasteiger partial charge >= 0.3 is 17.9 Å². The molecule has 0 aliphatic heterocycles. The highest BCUT2D eigenvalue weighted by molar-refractivity contribution is 5.89. The number of aromatic nitrogens is 6. The SMILES string of the molecule is CC#CC(=O)O.CC#CC(=O)On1nnc2ccccc21.CCOC(C)=O.On1nnc2ccccc21.[2H]C#C. The highest BCUT2D eigenvalue weighted by Crippen LogP contribution is 2.08. The molecule has 0 unspecified atom stereocenters. The van der Waals surface area contributed by atoms with E-state index in [0.29, 0.717) is 28.7 Å². The Labute approximate surface area is 225 Å². The number of nitrogens with zero attached hydrogens (tertiary/aromatic N) is 6. The number of carboxylic acid groups (broad SMARTS) is 1. The number of hydrogen-bond donors (Lipinski definition) is 2. The van der Waals surface area contributed by atoms with E-state index in [1.165, 1.54) is 20.2 Å². The zero-order chi connectivity index (χ0) is 30.3. The molecule has 0 aliphatic carbocycles. The van der Waals surface area contributed by atoms with Gasteiger partial charge < -0.3 is 19.9 Å². The Morgan fingerprint density at radius 1 is 0.974 bits per heavy atom. The highest BCUT2D eigenvalue weighted by atomic mass is 16.7. The van der Waals surface area contributed by atoms with E-state index >= 15 is 0 Å². The zero-order valence-electron chi connectivity index (χ0n) is 22.5. The predicted octanol–water partition coefficient (Wildman–Crippen LogP) is 1.99. The van der Waals surface area contributed by atoms with Gasteiger partial charge in [-0.1, -0.05) is 45.8 Å². The molecule has 0 atom stereocenters. The van der Waals surface area contributed by atoms with Crippen molar-refractivity contribution in [3.05, 3.63) is 48.5 Å². The lowest BCUT2D eigenvalue weighted by atomic mass is 10.3. The van der Waals surface area contributed by atoms with Crippen LogP contribution in [0.4, 0.5) is 0 Å². The molecule has 0 saturated carbocycles. The summed E-state index contributed by atoms with van der Waals surface area (Å²) in [5.41, 5.74) is 2.62. The second kappa shape index (κ2) is 19.3. The summed E-state index contributed by atoms with van der Waals surface area (Å²) in [5, 5.41) is 31.3. The Hall–Kier alpha value is -5.87. The van der Waals surface area contributed by atoms with Crippen molar-refractivity contribution in [3.8, 4) is 36.5 Å². The van der Waals surface area contributed by atoms with E-state index in [1.807, 2.05) is 30.2 Å². The number of para-hydroxylation sites is 2. The lowest BCUT2D eigenvalue weighted by Gasteiger charge is -1.97. The minimum absolute atomic E-state index is 0.211. The minimum atomic E-state index is -1.07. The first-order valence-electron chi connectivity index (χ1n) is 11.3. The van der Waals surface area contributed by atoms with E-state index in [4.69, 9.17) is 16.5 Å². The molecule has 0 bridgehead atoms. The number of carboxylic acids is 1. The van der Waals surface area contributed by atoms with Crippen molar-refractivity contribution in [1.82, 2.24) is 30.3 Å². The number of fused-ring (bicyclic) bond motifs is 2. The van der Waals surface area contributed by atoms with Gasteiger partial charge in [0.05, 0.1) is 6.61 Å². The number of aliphatic carboxylic acids is 1. The number of carbonyl (C=O) groups is 3. The summed E-state index contributed by atoms with van der Waals surface area (Å²) in [6.45, 7) is 6.69. The van der Waals surface area contributed by atoms with Gasteiger partial charge in [-0.05, 0) is 55.5 Å². The zero-order valence-corrected chi connectivity index (χ0v) is 21.5. The van der Waals surface area contributed by atoms with Crippen LogP contribution in [0.15, 0.2) is 48.5 Å². The standard InChI is InChI=1S/C10H7N3O2.C6H5N3O.C4H8O2.C4H4O2.C2H2/c1-2-5-10(14)15-13-9-7-4-3-6-8(9)11-12-13;10-9-6-4-2-1-3-5(6)7-8-9;1-3-6-4(2)5;1-2-3-4(5)6;1-2/h3-4,6-7H,1H3;1-4,10H;3H2,1-2H3;1H3,(H,5,6);1-2H/i;;;;1D. The van der Waals surface area contributed by atoms with Gasteiger partial charge in [0, 0.05) is 18.8 Å². The van der Waals surface area contributed by atoms with Gasteiger partial charge in [0.2, 0.25) is 0 Å². The minimum Gasteiger partial charge on any atom is -0.472 e. The maximum Gasteiger partial charge on any atom is 0.410 e. The number of carbonyl (C=O) groups excluding carboxylic acids is 2. The molecule has 2 aromatic carbocycles. The molecule has 0 spiro atoms. The second-order valence-corrected chi connectivity index (χ2v) is 6.28. The fourth-order valence-electron chi connectivity index (χ4n) is 2.29. The molecule has 2 N–H and O–H groups in total.